The molecule has 1 aliphatic heterocycles. The number of halogens is 2. The number of nitrogens with one attached hydrogen (secondary N) is 2. The third kappa shape index (κ3) is 5.94. The molecule has 2 N–H and O–H groups in total. The minimum atomic E-state index is -0.173. The summed E-state index contributed by atoms with van der Waals surface area (Å²) in [7, 11) is 1.83. The quantitative estimate of drug-likeness (QED) is 0.338. The number of rotatable bonds is 6. The van der Waals surface area contributed by atoms with E-state index in [0.29, 0.717) is 6.04 Å². The number of guanidine groups is 1. The first-order chi connectivity index (χ1) is 14.2. The Hall–Kier alpha value is -1.67. The molecule has 4 nitrogen and oxygen atoms in total. The van der Waals surface area contributed by atoms with Crippen LogP contribution in [-0.4, -0.2) is 43.6 Å². The molecule has 162 valence electrons. The summed E-state index contributed by atoms with van der Waals surface area (Å²) in [5, 5.41) is 7.12. The van der Waals surface area contributed by atoms with Gasteiger partial charge in [0.25, 0.3) is 0 Å². The van der Waals surface area contributed by atoms with Crippen molar-refractivity contribution < 1.29 is 4.39 Å². The summed E-state index contributed by atoms with van der Waals surface area (Å²) < 4.78 is 13.2. The van der Waals surface area contributed by atoms with Gasteiger partial charge in [-0.15, -0.1) is 24.0 Å². The van der Waals surface area contributed by atoms with Crippen LogP contribution in [0.25, 0.3) is 0 Å². The minimum Gasteiger partial charge on any atom is -0.356 e. The monoisotopic (exact) mass is 522 g/mol. The van der Waals surface area contributed by atoms with E-state index in [4.69, 9.17) is 0 Å². The highest BCUT2D eigenvalue weighted by molar-refractivity contribution is 14.0. The first-order valence-electron chi connectivity index (χ1n) is 10.7. The van der Waals surface area contributed by atoms with Crippen molar-refractivity contribution in [3.8, 4) is 0 Å². The van der Waals surface area contributed by atoms with Gasteiger partial charge in [0.1, 0.15) is 5.82 Å². The largest absolute Gasteiger partial charge is 0.356 e. The van der Waals surface area contributed by atoms with Crippen LogP contribution in [0.4, 0.5) is 4.39 Å². The van der Waals surface area contributed by atoms with E-state index in [1.165, 1.54) is 11.1 Å². The molecule has 0 unspecified atom stereocenters. The van der Waals surface area contributed by atoms with E-state index in [1.54, 1.807) is 12.1 Å². The number of hydrogen-bond acceptors (Lipinski definition) is 2. The maximum absolute atomic E-state index is 13.2. The molecule has 2 fully saturated rings. The number of aliphatic imine (C=N–C) groups is 1. The van der Waals surface area contributed by atoms with E-state index in [1.807, 2.05) is 19.2 Å². The van der Waals surface area contributed by atoms with E-state index in [9.17, 15) is 4.39 Å². The lowest BCUT2D eigenvalue weighted by Crippen LogP contribution is -2.49. The van der Waals surface area contributed by atoms with Gasteiger partial charge in [0.2, 0.25) is 0 Å². The van der Waals surface area contributed by atoms with Gasteiger partial charge in [-0.3, -0.25) is 9.89 Å². The van der Waals surface area contributed by atoms with Gasteiger partial charge >= 0.3 is 0 Å². The van der Waals surface area contributed by atoms with Gasteiger partial charge in [0.15, 0.2) is 5.96 Å². The first-order valence-corrected chi connectivity index (χ1v) is 10.7. The molecule has 1 saturated heterocycles. The average molecular weight is 522 g/mol. The van der Waals surface area contributed by atoms with Crippen LogP contribution in [0, 0.1) is 5.82 Å². The van der Waals surface area contributed by atoms with Crippen LogP contribution in [0.15, 0.2) is 59.6 Å². The fourth-order valence-electron chi connectivity index (χ4n) is 4.24. The standard InChI is InChI=1S/C24H31FN4.HI/c1-26-23(27-18-24(13-14-24)20-7-9-21(25)10-8-20)28-22-11-15-29(16-12-22)17-19-5-3-2-4-6-19;/h2-10,22H,11-18H2,1H3,(H2,26,27,28);1H. The third-order valence-electron chi connectivity index (χ3n) is 6.31. The van der Waals surface area contributed by atoms with Gasteiger partial charge in [-0.1, -0.05) is 42.5 Å². The Morgan fingerprint density at radius 1 is 1.07 bits per heavy atom. The molecule has 30 heavy (non-hydrogen) atoms. The lowest BCUT2D eigenvalue weighted by molar-refractivity contribution is 0.198. The minimum absolute atomic E-state index is 0. The van der Waals surface area contributed by atoms with Crippen molar-refractivity contribution in [2.45, 2.75) is 43.7 Å². The van der Waals surface area contributed by atoms with Crippen LogP contribution in [0.5, 0.6) is 0 Å². The molecule has 2 aromatic rings. The Bertz CT molecular complexity index is 813. The molecule has 1 heterocycles. The van der Waals surface area contributed by atoms with Crippen molar-refractivity contribution in [1.29, 1.82) is 0 Å². The number of hydrogen-bond donors (Lipinski definition) is 2. The summed E-state index contributed by atoms with van der Waals surface area (Å²) in [5.74, 6) is 0.702. The van der Waals surface area contributed by atoms with E-state index in [-0.39, 0.29) is 35.2 Å². The second-order valence-electron chi connectivity index (χ2n) is 8.39. The maximum atomic E-state index is 13.2. The molecule has 1 saturated carbocycles. The lowest BCUT2D eigenvalue weighted by Gasteiger charge is -2.33. The second kappa shape index (κ2) is 10.6. The van der Waals surface area contributed by atoms with Gasteiger partial charge in [-0.25, -0.2) is 4.39 Å². The number of benzene rings is 2. The molecule has 0 spiro atoms. The van der Waals surface area contributed by atoms with Crippen LogP contribution in [0.1, 0.15) is 36.8 Å². The predicted molar refractivity (Wildman–Crippen MR) is 132 cm³/mol. The molecule has 2 aliphatic rings. The fourth-order valence-corrected chi connectivity index (χ4v) is 4.24. The van der Waals surface area contributed by atoms with E-state index in [0.717, 1.165) is 57.8 Å². The summed E-state index contributed by atoms with van der Waals surface area (Å²) in [5.41, 5.74) is 2.73. The first kappa shape index (κ1) is 23.0. The Kier molecular flexibility index (Phi) is 8.11. The molecule has 1 aliphatic carbocycles. The Labute approximate surface area is 196 Å². The van der Waals surface area contributed by atoms with Crippen molar-refractivity contribution in [3.05, 3.63) is 71.5 Å². The van der Waals surface area contributed by atoms with Gasteiger partial charge < -0.3 is 10.6 Å². The highest BCUT2D eigenvalue weighted by Crippen LogP contribution is 2.47. The smallest absolute Gasteiger partial charge is 0.191 e. The molecule has 0 aromatic heterocycles. The Balaban J connectivity index is 0.00000256. The zero-order chi connectivity index (χ0) is 20.1. The summed E-state index contributed by atoms with van der Waals surface area (Å²) >= 11 is 0. The topological polar surface area (TPSA) is 39.7 Å². The van der Waals surface area contributed by atoms with Crippen LogP contribution < -0.4 is 10.6 Å². The van der Waals surface area contributed by atoms with Crippen molar-refractivity contribution in [2.24, 2.45) is 4.99 Å². The highest BCUT2D eigenvalue weighted by atomic mass is 127. The summed E-state index contributed by atoms with van der Waals surface area (Å²) in [4.78, 5) is 6.95. The zero-order valence-corrected chi connectivity index (χ0v) is 19.9. The fraction of sp³-hybridized carbons (Fsp3) is 0.458. The molecular formula is C24H32FIN4. The average Bonchev–Trinajstić information content (AvgIpc) is 3.55. The van der Waals surface area contributed by atoms with Crippen molar-refractivity contribution in [1.82, 2.24) is 15.5 Å². The third-order valence-corrected chi connectivity index (χ3v) is 6.31. The predicted octanol–water partition coefficient (Wildman–Crippen LogP) is 4.30. The second-order valence-corrected chi connectivity index (χ2v) is 8.39. The SMILES string of the molecule is CN=C(NCC1(c2ccc(F)cc2)CC1)NC1CCN(Cc2ccccc2)CC1.I. The van der Waals surface area contributed by atoms with Crippen molar-refractivity contribution in [2.75, 3.05) is 26.7 Å². The molecular weight excluding hydrogens is 490 g/mol. The molecule has 0 radical (unpaired) electrons. The molecule has 4 rings (SSSR count). The van der Waals surface area contributed by atoms with Gasteiger partial charge in [-0.2, -0.15) is 0 Å². The Morgan fingerprint density at radius 2 is 1.73 bits per heavy atom. The highest BCUT2D eigenvalue weighted by Gasteiger charge is 2.44. The normalized spacial score (nSPS) is 19.1. The van der Waals surface area contributed by atoms with E-state index >= 15 is 0 Å². The number of likely N-dealkylation sites (tertiary alicyclic amines) is 1. The van der Waals surface area contributed by atoms with Gasteiger partial charge in [-0.05, 0) is 48.9 Å². The summed E-state index contributed by atoms with van der Waals surface area (Å²) in [6.45, 7) is 4.07. The van der Waals surface area contributed by atoms with Gasteiger partial charge in [0, 0.05) is 44.7 Å². The van der Waals surface area contributed by atoms with Gasteiger partial charge in [0.05, 0.1) is 0 Å². The van der Waals surface area contributed by atoms with E-state index in [2.05, 4.69) is 50.9 Å². The molecule has 0 atom stereocenters. The molecule has 0 bridgehead atoms. The molecule has 6 heteroatoms. The number of nitrogens with zero attached hydrogens (tertiary/aromatic N) is 2. The van der Waals surface area contributed by atoms with Crippen LogP contribution >= 0.6 is 24.0 Å². The van der Waals surface area contributed by atoms with E-state index < -0.39 is 0 Å². The lowest BCUT2D eigenvalue weighted by atomic mass is 9.96. The molecule has 2 aromatic carbocycles. The zero-order valence-electron chi connectivity index (χ0n) is 17.6. The number of piperidine rings is 1. The van der Waals surface area contributed by atoms with Crippen molar-refractivity contribution in [3.63, 3.8) is 0 Å². The summed E-state index contributed by atoms with van der Waals surface area (Å²) in [6.07, 6.45) is 4.52. The van der Waals surface area contributed by atoms with Crippen LogP contribution in [-0.2, 0) is 12.0 Å². The van der Waals surface area contributed by atoms with Crippen LogP contribution in [0.2, 0.25) is 0 Å². The van der Waals surface area contributed by atoms with Crippen molar-refractivity contribution >= 4 is 29.9 Å². The summed E-state index contributed by atoms with van der Waals surface area (Å²) in [6, 6.07) is 18.1. The molecule has 0 amide bonds. The van der Waals surface area contributed by atoms with Crippen LogP contribution in [0.3, 0.4) is 0 Å². The maximum Gasteiger partial charge on any atom is 0.191 e. The Morgan fingerprint density at radius 3 is 2.33 bits per heavy atom.